The molecule has 0 aromatic heterocycles. The van der Waals surface area contributed by atoms with Crippen molar-refractivity contribution in [2.24, 2.45) is 5.41 Å². The lowest BCUT2D eigenvalue weighted by Gasteiger charge is -2.37. The number of β-amino-alcohol motifs (C(OH)–C–C–N with tert-alkyl or cyclic N) is 2. The monoisotopic (exact) mass is 1390 g/mol. The molecule has 0 aromatic rings. The number of nitrogens with zero attached hydrogens (tertiary/aromatic N) is 10. The van der Waals surface area contributed by atoms with Crippen LogP contribution < -0.4 is 0 Å². The summed E-state index contributed by atoms with van der Waals surface area (Å²) in [6.07, 6.45) is -1.87. The van der Waals surface area contributed by atoms with Crippen LogP contribution in [0.15, 0.2) is 0 Å². The molecule has 0 radical (unpaired) electrons. The fourth-order valence-electron chi connectivity index (χ4n) is 11.1. The maximum atomic E-state index is 13.8. The molecule has 0 aromatic carbocycles. The molecule has 0 aliphatic carbocycles. The fraction of sp³-hybridized carbons (Fsp3) is 0.901. The summed E-state index contributed by atoms with van der Waals surface area (Å²) in [5.41, 5.74) is -5.25. The van der Waals surface area contributed by atoms with Crippen molar-refractivity contribution >= 4 is 41.8 Å². The van der Waals surface area contributed by atoms with Crippen LogP contribution in [0.5, 0.6) is 0 Å². The highest BCUT2D eigenvalue weighted by Crippen LogP contribution is 2.19. The number of esters is 7. The molecular formula is C71H136N10O16. The van der Waals surface area contributed by atoms with Crippen LogP contribution in [0.1, 0.15) is 166 Å². The van der Waals surface area contributed by atoms with E-state index >= 15 is 0 Å². The molecule has 26 nitrogen and oxygen atoms in total. The summed E-state index contributed by atoms with van der Waals surface area (Å²) in [5.74, 6) is -2.79. The van der Waals surface area contributed by atoms with Gasteiger partial charge in [0.25, 0.3) is 0 Å². The molecule has 2 atom stereocenters. The molecule has 2 aliphatic rings. The summed E-state index contributed by atoms with van der Waals surface area (Å²) >= 11 is 0. The van der Waals surface area contributed by atoms with Gasteiger partial charge in [-0.15, -0.1) is 0 Å². The second-order valence-electron chi connectivity index (χ2n) is 34.7. The lowest BCUT2D eigenvalue weighted by molar-refractivity contribution is -0.158. The van der Waals surface area contributed by atoms with E-state index in [0.29, 0.717) is 124 Å². The van der Waals surface area contributed by atoms with E-state index in [0.717, 1.165) is 0 Å². The van der Waals surface area contributed by atoms with Crippen LogP contribution in [0.4, 0.5) is 0 Å². The third-order valence-electron chi connectivity index (χ3n) is 14.6. The summed E-state index contributed by atoms with van der Waals surface area (Å²) in [6, 6.07) is 0. The highest BCUT2D eigenvalue weighted by atomic mass is 16.6. The molecule has 26 heteroatoms. The second kappa shape index (κ2) is 39.9. The number of hydrogen-bond acceptors (Lipinski definition) is 26. The number of carbonyl (C=O) groups excluding carboxylic acids is 7. The van der Waals surface area contributed by atoms with Gasteiger partial charge in [-0.3, -0.25) is 82.6 Å². The van der Waals surface area contributed by atoms with Crippen LogP contribution in [0.2, 0.25) is 0 Å². The van der Waals surface area contributed by atoms with Gasteiger partial charge in [0.2, 0.25) is 0 Å². The average molecular weight is 1390 g/mol. The molecular weight excluding hydrogens is 1250 g/mol. The molecule has 97 heavy (non-hydrogen) atoms. The first-order valence-corrected chi connectivity index (χ1v) is 35.3. The van der Waals surface area contributed by atoms with Crippen molar-refractivity contribution in [2.75, 3.05) is 196 Å². The van der Waals surface area contributed by atoms with Crippen LogP contribution >= 0.6 is 0 Å². The lowest BCUT2D eigenvalue weighted by Crippen LogP contribution is -2.52. The molecule has 0 bridgehead atoms. The summed E-state index contributed by atoms with van der Waals surface area (Å²) < 4.78 is 40.5. The first-order chi connectivity index (χ1) is 44.1. The van der Waals surface area contributed by atoms with Gasteiger partial charge in [-0.25, -0.2) is 0 Å². The Morgan fingerprint density at radius 2 is 0.464 bits per heavy atom. The van der Waals surface area contributed by atoms with Gasteiger partial charge in [-0.05, 0) is 151 Å². The van der Waals surface area contributed by atoms with Gasteiger partial charge in [0.05, 0.1) is 58.0 Å². The Morgan fingerprint density at radius 1 is 0.289 bits per heavy atom. The van der Waals surface area contributed by atoms with E-state index in [1.165, 1.54) is 0 Å². The lowest BCUT2D eigenvalue weighted by atomic mass is 9.96. The van der Waals surface area contributed by atoms with Crippen LogP contribution in [0, 0.1) is 5.41 Å². The SMILES string of the molecule is CC(C)(C)CN(CCN(CC(=O)OC(C)(C)C)CC(O)CN1CCN(CC(=O)OC(C)(C)C)CCN(CC(=O)OC(C)(C)C)CCN(CC(=O)OC(C)(C)C)CC1)CC(O)CN1CCN(CC(=O)OC(C)(C)C)CCN(CC(=O)OC(C)(C)C)CCN(CC(=O)OC(C)(C)C)CC1. The number of ether oxygens (including phenoxy) is 7. The van der Waals surface area contributed by atoms with Crippen molar-refractivity contribution in [3.05, 3.63) is 0 Å². The standard InChI is InChI=1S/C71H136N10O16/c1-64(2,3)54-81(46-56(83)44-73-27-31-76(49-59(86)93-67(10,11)12)35-39-79(52-62(89)96-70(19,20)21)40-36-77(32-28-73)50-60(87)94-68(13,14)15)42-41-80(53-63(90)97-71(22,23)24)45-55(82)43-72-25-29-74(47-57(84)91-65(4,5)6)33-37-78(51-61(88)95-69(16,17)18)38-34-75(30-26-72)48-58(85)92-66(7,8)9/h55-56,82-83H,25-54H2,1-24H3. The highest BCUT2D eigenvalue weighted by Gasteiger charge is 2.32. The van der Waals surface area contributed by atoms with Crippen molar-refractivity contribution in [2.45, 2.75) is 218 Å². The quantitative estimate of drug-likeness (QED) is 0.0909. The Balaban J connectivity index is 2.58. The molecule has 2 aliphatic heterocycles. The van der Waals surface area contributed by atoms with Crippen molar-refractivity contribution in [3.63, 3.8) is 0 Å². The van der Waals surface area contributed by atoms with E-state index in [1.54, 1.807) is 0 Å². The van der Waals surface area contributed by atoms with Gasteiger partial charge in [-0.1, -0.05) is 20.8 Å². The molecule has 0 amide bonds. The van der Waals surface area contributed by atoms with Crippen molar-refractivity contribution in [1.29, 1.82) is 0 Å². The Labute approximate surface area is 584 Å². The minimum absolute atomic E-state index is 0.00275. The minimum Gasteiger partial charge on any atom is -0.459 e. The normalized spacial score (nSPS) is 18.6. The van der Waals surface area contributed by atoms with E-state index in [4.69, 9.17) is 33.2 Å². The third-order valence-corrected chi connectivity index (χ3v) is 14.6. The fourth-order valence-corrected chi connectivity index (χ4v) is 11.1. The molecule has 0 spiro atoms. The van der Waals surface area contributed by atoms with E-state index in [-0.39, 0.29) is 101 Å². The van der Waals surface area contributed by atoms with Crippen LogP contribution in [0.3, 0.4) is 0 Å². The molecule has 2 N–H and O–H groups in total. The predicted molar refractivity (Wildman–Crippen MR) is 377 cm³/mol. The number of aliphatic hydroxyl groups is 2. The van der Waals surface area contributed by atoms with Gasteiger partial charge < -0.3 is 43.4 Å². The number of carbonyl (C=O) groups is 7. The molecule has 2 heterocycles. The summed E-state index contributed by atoms with van der Waals surface area (Å²) in [7, 11) is 0. The Kier molecular flexibility index (Phi) is 36.5. The molecule has 566 valence electrons. The third kappa shape index (κ3) is 47.5. The van der Waals surface area contributed by atoms with Gasteiger partial charge in [0.15, 0.2) is 0 Å². The van der Waals surface area contributed by atoms with Gasteiger partial charge in [0, 0.05) is 151 Å². The topological polar surface area (TPSA) is 257 Å². The summed E-state index contributed by atoms with van der Waals surface area (Å²) in [6.45, 7) is 53.1. The Morgan fingerprint density at radius 3 is 0.660 bits per heavy atom. The maximum absolute atomic E-state index is 13.8. The molecule has 0 saturated carbocycles. The zero-order valence-corrected chi connectivity index (χ0v) is 64.9. The van der Waals surface area contributed by atoms with Crippen molar-refractivity contribution in [3.8, 4) is 0 Å². The molecule has 2 unspecified atom stereocenters. The van der Waals surface area contributed by atoms with Gasteiger partial charge in [0.1, 0.15) is 39.2 Å². The maximum Gasteiger partial charge on any atom is 0.320 e. The van der Waals surface area contributed by atoms with E-state index < -0.39 is 69.3 Å². The molecule has 2 fully saturated rings. The van der Waals surface area contributed by atoms with Crippen LogP contribution in [-0.2, 0) is 66.7 Å². The number of aliphatic hydroxyl groups excluding tert-OH is 2. The number of hydrogen-bond donors (Lipinski definition) is 2. The van der Waals surface area contributed by atoms with E-state index in [2.05, 4.69) is 35.5 Å². The summed E-state index contributed by atoms with van der Waals surface area (Å²) in [4.78, 5) is 115. The first kappa shape index (κ1) is 88.9. The Bertz CT molecular complexity index is 2310. The predicted octanol–water partition coefficient (Wildman–Crippen LogP) is 4.19. The van der Waals surface area contributed by atoms with E-state index in [1.807, 2.05) is 180 Å². The first-order valence-electron chi connectivity index (χ1n) is 35.3. The zero-order chi connectivity index (χ0) is 74.1. The largest absolute Gasteiger partial charge is 0.459 e. The van der Waals surface area contributed by atoms with E-state index in [9.17, 15) is 43.8 Å². The molecule has 2 rings (SSSR count). The van der Waals surface area contributed by atoms with Crippen LogP contribution in [0.25, 0.3) is 0 Å². The smallest absolute Gasteiger partial charge is 0.320 e. The zero-order valence-electron chi connectivity index (χ0n) is 64.9. The van der Waals surface area contributed by atoms with Crippen molar-refractivity contribution < 1.29 is 76.9 Å². The van der Waals surface area contributed by atoms with Gasteiger partial charge in [-0.2, -0.15) is 0 Å². The van der Waals surface area contributed by atoms with Crippen molar-refractivity contribution in [1.82, 2.24) is 49.0 Å². The minimum atomic E-state index is -0.994. The average Bonchev–Trinajstić information content (AvgIpc) is 1.19. The van der Waals surface area contributed by atoms with Crippen LogP contribution in [-0.4, -0.2) is 349 Å². The Hall–Kier alpha value is -4.19. The second-order valence-corrected chi connectivity index (χ2v) is 34.7. The van der Waals surface area contributed by atoms with Gasteiger partial charge >= 0.3 is 41.8 Å². The number of rotatable bonds is 26. The summed E-state index contributed by atoms with van der Waals surface area (Å²) in [5, 5.41) is 24.6. The highest BCUT2D eigenvalue weighted by molar-refractivity contribution is 5.74. The molecule has 2 saturated heterocycles.